The van der Waals surface area contributed by atoms with Gasteiger partial charge >= 0.3 is 0 Å². The van der Waals surface area contributed by atoms with E-state index in [-0.39, 0.29) is 42.7 Å². The molecule has 0 radical (unpaired) electrons. The fraction of sp³-hybridized carbons (Fsp3) is 0.737. The second-order valence-corrected chi connectivity index (χ2v) is 9.01. The minimum atomic E-state index is -0.0182. The third kappa shape index (κ3) is 6.52. The molecule has 10 heteroatoms. The summed E-state index contributed by atoms with van der Waals surface area (Å²) in [5.74, 6) is 0.557. The van der Waals surface area contributed by atoms with E-state index in [1.54, 1.807) is 11.3 Å². The van der Waals surface area contributed by atoms with E-state index in [4.69, 9.17) is 0 Å². The van der Waals surface area contributed by atoms with Crippen molar-refractivity contribution in [3.63, 3.8) is 0 Å². The number of rotatable bonds is 6. The lowest BCUT2D eigenvalue weighted by molar-refractivity contribution is -0.123. The fourth-order valence-corrected chi connectivity index (χ4v) is 5.41. The van der Waals surface area contributed by atoms with Gasteiger partial charge in [0.25, 0.3) is 0 Å². The van der Waals surface area contributed by atoms with Crippen LogP contribution in [0.25, 0.3) is 0 Å². The number of aromatic nitrogens is 1. The van der Waals surface area contributed by atoms with Crippen molar-refractivity contribution in [3.05, 3.63) is 10.6 Å². The molecule has 2 amide bonds. The topological polar surface area (TPSA) is 86.4 Å². The molecule has 7 nitrogen and oxygen atoms in total. The van der Waals surface area contributed by atoms with Crippen LogP contribution in [-0.2, 0) is 22.4 Å². The van der Waals surface area contributed by atoms with Gasteiger partial charge < -0.3 is 16.0 Å². The molecule has 164 valence electrons. The van der Waals surface area contributed by atoms with Crippen LogP contribution in [-0.4, -0.2) is 60.5 Å². The molecular weight excluding hydrogens is 433 g/mol. The van der Waals surface area contributed by atoms with Gasteiger partial charge in [0.1, 0.15) is 0 Å². The van der Waals surface area contributed by atoms with Crippen LogP contribution in [0.1, 0.15) is 42.7 Å². The van der Waals surface area contributed by atoms with Crippen molar-refractivity contribution < 1.29 is 9.59 Å². The van der Waals surface area contributed by atoms with E-state index in [2.05, 4.69) is 25.8 Å². The Morgan fingerprint density at radius 1 is 1.17 bits per heavy atom. The van der Waals surface area contributed by atoms with Gasteiger partial charge in [-0.3, -0.25) is 14.5 Å². The van der Waals surface area contributed by atoms with E-state index in [0.29, 0.717) is 19.0 Å². The third-order valence-corrected chi connectivity index (χ3v) is 6.83. The zero-order valence-electron chi connectivity index (χ0n) is 16.6. The number of amides is 2. The Morgan fingerprint density at radius 2 is 2.03 bits per heavy atom. The molecule has 1 aliphatic carbocycles. The van der Waals surface area contributed by atoms with E-state index in [1.807, 2.05) is 0 Å². The van der Waals surface area contributed by atoms with Crippen LogP contribution in [0.3, 0.4) is 0 Å². The monoisotopic (exact) mass is 463 g/mol. The van der Waals surface area contributed by atoms with Gasteiger partial charge in [0.2, 0.25) is 11.8 Å². The SMILES string of the molecule is Cl.Cl.O=C(CN1CCCC(CNC(=O)C2CCCN2)C1)Nc1nc2c(s1)CCC2. The molecule has 0 aromatic carbocycles. The first-order valence-corrected chi connectivity index (χ1v) is 11.0. The summed E-state index contributed by atoms with van der Waals surface area (Å²) in [5.41, 5.74) is 1.17. The summed E-state index contributed by atoms with van der Waals surface area (Å²) < 4.78 is 0. The number of nitrogens with zero attached hydrogens (tertiary/aromatic N) is 2. The first-order chi connectivity index (χ1) is 13.2. The van der Waals surface area contributed by atoms with Crippen LogP contribution >= 0.6 is 36.2 Å². The number of hydrogen-bond donors (Lipinski definition) is 3. The molecule has 2 fully saturated rings. The minimum absolute atomic E-state index is 0. The molecule has 1 aromatic rings. The van der Waals surface area contributed by atoms with Gasteiger partial charge in [-0.15, -0.1) is 36.2 Å². The van der Waals surface area contributed by atoms with Crippen molar-refractivity contribution in [1.82, 2.24) is 20.5 Å². The van der Waals surface area contributed by atoms with Gasteiger partial charge in [-0.25, -0.2) is 4.98 Å². The number of hydrogen-bond acceptors (Lipinski definition) is 6. The average molecular weight is 464 g/mol. The minimum Gasteiger partial charge on any atom is -0.354 e. The highest BCUT2D eigenvalue weighted by molar-refractivity contribution is 7.15. The molecule has 3 aliphatic rings. The molecule has 2 atom stereocenters. The maximum absolute atomic E-state index is 12.4. The summed E-state index contributed by atoms with van der Waals surface area (Å²) in [6.07, 6.45) is 7.51. The van der Waals surface area contributed by atoms with Crippen LogP contribution in [0.15, 0.2) is 0 Å². The zero-order chi connectivity index (χ0) is 18.6. The number of carbonyl (C=O) groups excluding carboxylic acids is 2. The second-order valence-electron chi connectivity index (χ2n) is 7.93. The van der Waals surface area contributed by atoms with Crippen molar-refractivity contribution >= 4 is 53.1 Å². The molecule has 1 aromatic heterocycles. The lowest BCUT2D eigenvalue weighted by atomic mass is 9.98. The highest BCUT2D eigenvalue weighted by Crippen LogP contribution is 2.30. The summed E-state index contributed by atoms with van der Waals surface area (Å²) in [6, 6.07) is -0.0182. The Kier molecular flexibility index (Phi) is 9.62. The Labute approximate surface area is 188 Å². The molecular formula is C19H31Cl2N5O2S. The molecule has 3 heterocycles. The number of fused-ring (bicyclic) bond motifs is 1. The van der Waals surface area contributed by atoms with Crippen LogP contribution in [0.2, 0.25) is 0 Å². The number of piperidine rings is 1. The smallest absolute Gasteiger partial charge is 0.240 e. The quantitative estimate of drug-likeness (QED) is 0.600. The van der Waals surface area contributed by atoms with E-state index < -0.39 is 0 Å². The normalized spacial score (nSPS) is 23.6. The molecule has 2 unspecified atom stereocenters. The number of carbonyl (C=O) groups is 2. The van der Waals surface area contributed by atoms with Crippen molar-refractivity contribution in [3.8, 4) is 0 Å². The predicted octanol–water partition coefficient (Wildman–Crippen LogP) is 1.99. The number of thiazole rings is 1. The summed E-state index contributed by atoms with van der Waals surface area (Å²) in [6.45, 7) is 3.84. The largest absolute Gasteiger partial charge is 0.354 e. The molecule has 3 N–H and O–H groups in total. The first kappa shape index (κ1) is 24.3. The van der Waals surface area contributed by atoms with Gasteiger partial charge in [0.05, 0.1) is 18.3 Å². The van der Waals surface area contributed by atoms with Crippen LogP contribution < -0.4 is 16.0 Å². The van der Waals surface area contributed by atoms with Gasteiger partial charge in [0, 0.05) is 18.0 Å². The van der Waals surface area contributed by atoms with E-state index in [1.165, 1.54) is 17.0 Å². The van der Waals surface area contributed by atoms with Crippen LogP contribution in [0, 0.1) is 5.92 Å². The number of likely N-dealkylation sites (tertiary alicyclic amines) is 1. The van der Waals surface area contributed by atoms with Gasteiger partial charge in [-0.1, -0.05) is 0 Å². The molecule has 2 saturated heterocycles. The van der Waals surface area contributed by atoms with E-state index >= 15 is 0 Å². The van der Waals surface area contributed by atoms with Gasteiger partial charge in [-0.2, -0.15) is 0 Å². The van der Waals surface area contributed by atoms with Crippen molar-refractivity contribution in [2.45, 2.75) is 51.0 Å². The molecule has 0 bridgehead atoms. The summed E-state index contributed by atoms with van der Waals surface area (Å²) >= 11 is 1.62. The molecule has 29 heavy (non-hydrogen) atoms. The average Bonchev–Trinajstić information content (AvgIpc) is 3.37. The summed E-state index contributed by atoms with van der Waals surface area (Å²) in [5, 5.41) is 10.0. The number of nitrogens with one attached hydrogen (secondary N) is 3. The number of anilines is 1. The Hall–Kier alpha value is -0.930. The Morgan fingerprint density at radius 3 is 2.79 bits per heavy atom. The van der Waals surface area contributed by atoms with Crippen LogP contribution in [0.5, 0.6) is 0 Å². The maximum Gasteiger partial charge on any atom is 0.240 e. The van der Waals surface area contributed by atoms with Crippen LogP contribution in [0.4, 0.5) is 5.13 Å². The molecule has 0 spiro atoms. The lowest BCUT2D eigenvalue weighted by Gasteiger charge is -2.32. The first-order valence-electron chi connectivity index (χ1n) is 10.2. The lowest BCUT2D eigenvalue weighted by Crippen LogP contribution is -2.46. The highest BCUT2D eigenvalue weighted by Gasteiger charge is 2.25. The van der Waals surface area contributed by atoms with Crippen molar-refractivity contribution in [1.29, 1.82) is 0 Å². The van der Waals surface area contributed by atoms with Gasteiger partial charge in [-0.05, 0) is 64.0 Å². The molecule has 0 saturated carbocycles. The number of aryl methyl sites for hydroxylation is 2. The van der Waals surface area contributed by atoms with E-state index in [9.17, 15) is 9.59 Å². The second kappa shape index (κ2) is 11.5. The number of halogens is 2. The third-order valence-electron chi connectivity index (χ3n) is 5.75. The maximum atomic E-state index is 12.4. The Balaban J connectivity index is 0.00000150. The molecule has 2 aliphatic heterocycles. The Bertz CT molecular complexity index is 675. The fourth-order valence-electron chi connectivity index (χ4n) is 4.34. The predicted molar refractivity (Wildman–Crippen MR) is 120 cm³/mol. The summed E-state index contributed by atoms with van der Waals surface area (Å²) in [4.78, 5) is 32.6. The molecule has 4 rings (SSSR count). The zero-order valence-corrected chi connectivity index (χ0v) is 19.0. The van der Waals surface area contributed by atoms with E-state index in [0.717, 1.165) is 63.3 Å². The van der Waals surface area contributed by atoms with Crippen molar-refractivity contribution in [2.24, 2.45) is 5.92 Å². The summed E-state index contributed by atoms with van der Waals surface area (Å²) in [7, 11) is 0. The standard InChI is InChI=1S/C19H29N5O2S.2ClH/c25-17(23-19-22-14-5-1-7-16(14)27-19)12-24-9-3-4-13(11-24)10-21-18(26)15-6-2-8-20-15;;/h13,15,20H,1-12H2,(H,21,26)(H,22,23,25);2*1H. The van der Waals surface area contributed by atoms with Crippen molar-refractivity contribution in [2.75, 3.05) is 38.0 Å². The van der Waals surface area contributed by atoms with Gasteiger partial charge in [0.15, 0.2) is 5.13 Å². The highest BCUT2D eigenvalue weighted by atomic mass is 35.5.